The molecule has 0 bridgehead atoms. The minimum atomic E-state index is -0.781. The highest BCUT2D eigenvalue weighted by molar-refractivity contribution is 6.36. The van der Waals surface area contributed by atoms with Crippen LogP contribution >= 0.6 is 23.2 Å². The maximum Gasteiger partial charge on any atom is 0.0929 e. The molecule has 0 unspecified atom stereocenters. The molecule has 2 rings (SSSR count). The van der Waals surface area contributed by atoms with E-state index in [2.05, 4.69) is 4.98 Å². The topological polar surface area (TPSA) is 33.1 Å². The minimum Gasteiger partial charge on any atom is -0.385 e. The number of halogens is 2. The van der Waals surface area contributed by atoms with Crippen LogP contribution in [0.4, 0.5) is 0 Å². The summed E-state index contributed by atoms with van der Waals surface area (Å²) in [5.74, 6) is 0. The van der Waals surface area contributed by atoms with E-state index in [1.54, 1.807) is 0 Å². The summed E-state index contributed by atoms with van der Waals surface area (Å²) in [6, 6.07) is 0. The van der Waals surface area contributed by atoms with Crippen molar-refractivity contribution in [1.82, 2.24) is 4.98 Å². The first-order valence-electron chi connectivity index (χ1n) is 3.65. The second kappa shape index (κ2) is 2.59. The molecule has 1 aromatic heterocycles. The molecule has 12 heavy (non-hydrogen) atoms. The van der Waals surface area contributed by atoms with Crippen molar-refractivity contribution in [2.45, 2.75) is 18.4 Å². The number of nitrogens with zero attached hydrogens (tertiary/aromatic N) is 1. The van der Waals surface area contributed by atoms with Gasteiger partial charge in [0.1, 0.15) is 0 Å². The molecule has 1 saturated carbocycles. The lowest BCUT2D eigenvalue weighted by atomic mass is 10.1. The maximum absolute atomic E-state index is 9.77. The van der Waals surface area contributed by atoms with Crippen molar-refractivity contribution in [3.63, 3.8) is 0 Å². The number of aromatic nitrogens is 1. The van der Waals surface area contributed by atoms with Crippen LogP contribution in [0.5, 0.6) is 0 Å². The Morgan fingerprint density at radius 3 is 2.17 bits per heavy atom. The predicted molar refractivity (Wildman–Crippen MR) is 47.4 cm³/mol. The van der Waals surface area contributed by atoms with Crippen LogP contribution in [-0.4, -0.2) is 10.1 Å². The van der Waals surface area contributed by atoms with Gasteiger partial charge in [-0.25, -0.2) is 0 Å². The van der Waals surface area contributed by atoms with E-state index in [9.17, 15) is 5.11 Å². The van der Waals surface area contributed by atoms with E-state index in [4.69, 9.17) is 23.2 Å². The van der Waals surface area contributed by atoms with Gasteiger partial charge in [0.15, 0.2) is 0 Å². The summed E-state index contributed by atoms with van der Waals surface area (Å²) in [5, 5.41) is 10.7. The average Bonchev–Trinajstić information content (AvgIpc) is 2.68. The highest BCUT2D eigenvalue weighted by Gasteiger charge is 2.45. The zero-order chi connectivity index (χ0) is 8.77. The van der Waals surface area contributed by atoms with Gasteiger partial charge in [-0.2, -0.15) is 0 Å². The Kier molecular flexibility index (Phi) is 1.79. The van der Waals surface area contributed by atoms with Crippen molar-refractivity contribution in [2.24, 2.45) is 0 Å². The maximum atomic E-state index is 9.77. The van der Waals surface area contributed by atoms with Crippen LogP contribution in [-0.2, 0) is 5.60 Å². The van der Waals surface area contributed by atoms with E-state index in [1.807, 2.05) is 0 Å². The third kappa shape index (κ3) is 1.20. The zero-order valence-corrected chi connectivity index (χ0v) is 7.73. The van der Waals surface area contributed by atoms with Gasteiger partial charge < -0.3 is 5.11 Å². The monoisotopic (exact) mass is 203 g/mol. The standard InChI is InChI=1S/C8H7Cl2NO/c9-5-3-11-4-6(10)7(5)8(12)1-2-8/h3-4,12H,1-2H2. The van der Waals surface area contributed by atoms with Crippen molar-refractivity contribution in [3.8, 4) is 0 Å². The Balaban J connectivity index is 2.55. The molecule has 0 saturated heterocycles. The van der Waals surface area contributed by atoms with Crippen LogP contribution in [0.25, 0.3) is 0 Å². The first-order valence-corrected chi connectivity index (χ1v) is 4.41. The third-order valence-electron chi connectivity index (χ3n) is 2.04. The van der Waals surface area contributed by atoms with E-state index in [1.165, 1.54) is 12.4 Å². The van der Waals surface area contributed by atoms with Gasteiger partial charge >= 0.3 is 0 Å². The fourth-order valence-corrected chi connectivity index (χ4v) is 1.94. The molecule has 0 radical (unpaired) electrons. The number of hydrogen-bond donors (Lipinski definition) is 1. The van der Waals surface area contributed by atoms with Crippen molar-refractivity contribution in [3.05, 3.63) is 28.0 Å². The van der Waals surface area contributed by atoms with Crippen molar-refractivity contribution < 1.29 is 5.11 Å². The van der Waals surface area contributed by atoms with Gasteiger partial charge in [0, 0.05) is 18.0 Å². The number of rotatable bonds is 1. The molecule has 0 aromatic carbocycles. The molecule has 1 aliphatic rings. The summed E-state index contributed by atoms with van der Waals surface area (Å²) >= 11 is 11.7. The lowest BCUT2D eigenvalue weighted by molar-refractivity contribution is 0.151. The Morgan fingerprint density at radius 1 is 1.25 bits per heavy atom. The lowest BCUT2D eigenvalue weighted by Crippen LogP contribution is -2.06. The van der Waals surface area contributed by atoms with Gasteiger partial charge in [-0.05, 0) is 12.8 Å². The second-order valence-electron chi connectivity index (χ2n) is 3.01. The molecule has 64 valence electrons. The first kappa shape index (κ1) is 8.30. The Labute approximate surface area is 80.1 Å². The third-order valence-corrected chi connectivity index (χ3v) is 2.62. The van der Waals surface area contributed by atoms with Crippen LogP contribution in [0, 0.1) is 0 Å². The van der Waals surface area contributed by atoms with E-state index in [0.717, 1.165) is 12.8 Å². The largest absolute Gasteiger partial charge is 0.385 e. The van der Waals surface area contributed by atoms with Gasteiger partial charge in [-0.3, -0.25) is 4.98 Å². The summed E-state index contributed by atoms with van der Waals surface area (Å²) in [4.78, 5) is 3.81. The molecule has 1 aliphatic carbocycles. The van der Waals surface area contributed by atoms with Crippen LogP contribution < -0.4 is 0 Å². The summed E-state index contributed by atoms with van der Waals surface area (Å²) in [7, 11) is 0. The van der Waals surface area contributed by atoms with Crippen molar-refractivity contribution in [1.29, 1.82) is 0 Å². The molecule has 0 atom stereocenters. The van der Waals surface area contributed by atoms with Crippen LogP contribution in [0.1, 0.15) is 18.4 Å². The zero-order valence-electron chi connectivity index (χ0n) is 6.22. The summed E-state index contributed by atoms with van der Waals surface area (Å²) in [5.41, 5.74) is -0.155. The molecule has 1 heterocycles. The Morgan fingerprint density at radius 2 is 1.75 bits per heavy atom. The van der Waals surface area contributed by atoms with Crippen LogP contribution in [0.15, 0.2) is 12.4 Å². The first-order chi connectivity index (χ1) is 5.63. The van der Waals surface area contributed by atoms with E-state index in [0.29, 0.717) is 15.6 Å². The molecule has 4 heteroatoms. The van der Waals surface area contributed by atoms with Crippen molar-refractivity contribution in [2.75, 3.05) is 0 Å². The minimum absolute atomic E-state index is 0.447. The molecule has 0 aliphatic heterocycles. The quantitative estimate of drug-likeness (QED) is 0.761. The smallest absolute Gasteiger partial charge is 0.0929 e. The van der Waals surface area contributed by atoms with Gasteiger partial charge in [0.2, 0.25) is 0 Å². The van der Waals surface area contributed by atoms with Gasteiger partial charge in [-0.1, -0.05) is 23.2 Å². The van der Waals surface area contributed by atoms with Gasteiger partial charge in [0.05, 0.1) is 15.6 Å². The number of hydrogen-bond acceptors (Lipinski definition) is 2. The predicted octanol–water partition coefficient (Wildman–Crippen LogP) is 2.37. The van der Waals surface area contributed by atoms with E-state index >= 15 is 0 Å². The number of pyridine rings is 1. The summed E-state index contributed by atoms with van der Waals surface area (Å²) < 4.78 is 0. The fraction of sp³-hybridized carbons (Fsp3) is 0.375. The summed E-state index contributed by atoms with van der Waals surface area (Å²) in [6.45, 7) is 0. The van der Waals surface area contributed by atoms with Crippen LogP contribution in [0.2, 0.25) is 10.0 Å². The molecule has 0 amide bonds. The highest BCUT2D eigenvalue weighted by atomic mass is 35.5. The molecule has 1 N–H and O–H groups in total. The summed E-state index contributed by atoms with van der Waals surface area (Å²) in [6.07, 6.45) is 4.46. The Hall–Kier alpha value is -0.310. The number of aliphatic hydroxyl groups is 1. The molecule has 0 spiro atoms. The second-order valence-corrected chi connectivity index (χ2v) is 3.82. The van der Waals surface area contributed by atoms with E-state index < -0.39 is 5.60 Å². The van der Waals surface area contributed by atoms with Gasteiger partial charge in [0.25, 0.3) is 0 Å². The van der Waals surface area contributed by atoms with Crippen molar-refractivity contribution >= 4 is 23.2 Å². The molecule has 2 nitrogen and oxygen atoms in total. The lowest BCUT2D eigenvalue weighted by Gasteiger charge is -2.10. The molecular weight excluding hydrogens is 197 g/mol. The van der Waals surface area contributed by atoms with Gasteiger partial charge in [-0.15, -0.1) is 0 Å². The van der Waals surface area contributed by atoms with E-state index in [-0.39, 0.29) is 0 Å². The molecule has 1 fully saturated rings. The fourth-order valence-electron chi connectivity index (χ4n) is 1.22. The molecular formula is C8H7Cl2NO. The van der Waals surface area contributed by atoms with Crippen LogP contribution in [0.3, 0.4) is 0 Å². The SMILES string of the molecule is OC1(c2c(Cl)cncc2Cl)CC1. The highest BCUT2D eigenvalue weighted by Crippen LogP contribution is 2.50. The normalized spacial score (nSPS) is 19.2. The average molecular weight is 204 g/mol. The Bertz CT molecular complexity index is 303. The molecule has 1 aromatic rings.